The third-order valence-electron chi connectivity index (χ3n) is 5.55. The Bertz CT molecular complexity index is 1320. The normalized spacial score (nSPS) is 14.1. The summed E-state index contributed by atoms with van der Waals surface area (Å²) in [7, 11) is 0. The minimum atomic E-state index is -4.85. The molecule has 0 saturated heterocycles. The number of alkyl halides is 3. The smallest absolute Gasteiger partial charge is 0.405 e. The Hall–Kier alpha value is -3.69. The van der Waals surface area contributed by atoms with Crippen LogP contribution in [0.2, 0.25) is 0 Å². The van der Waals surface area contributed by atoms with Crippen molar-refractivity contribution in [2.75, 3.05) is 5.32 Å². The number of H-pyrrole nitrogens is 1. The Kier molecular flexibility index (Phi) is 5.35. The molecular formula is C23H19F4N5O. The van der Waals surface area contributed by atoms with Gasteiger partial charge in [0.15, 0.2) is 11.6 Å². The molecule has 5 rings (SSSR count). The zero-order valence-electron chi connectivity index (χ0n) is 17.3. The van der Waals surface area contributed by atoms with Crippen molar-refractivity contribution in [2.24, 2.45) is 0 Å². The average molecular weight is 457 g/mol. The monoisotopic (exact) mass is 457 g/mol. The molecule has 1 aliphatic carbocycles. The second kappa shape index (κ2) is 8.34. The molecule has 0 unspecified atom stereocenters. The minimum absolute atomic E-state index is 0.115. The van der Waals surface area contributed by atoms with Gasteiger partial charge in [-0.25, -0.2) is 14.4 Å². The molecule has 33 heavy (non-hydrogen) atoms. The zero-order valence-corrected chi connectivity index (χ0v) is 17.3. The Labute approximate surface area is 186 Å². The molecule has 0 radical (unpaired) electrons. The number of nitrogens with zero attached hydrogens (tertiary/aromatic N) is 3. The molecule has 4 aromatic rings. The second-order valence-corrected chi connectivity index (χ2v) is 7.81. The van der Waals surface area contributed by atoms with Crippen molar-refractivity contribution in [3.8, 4) is 17.1 Å². The van der Waals surface area contributed by atoms with Crippen LogP contribution < -0.4 is 10.1 Å². The number of fused-ring (bicyclic) bond motifs is 2. The quantitative estimate of drug-likeness (QED) is 0.287. The van der Waals surface area contributed by atoms with Crippen LogP contribution in [0, 0.1) is 5.82 Å². The van der Waals surface area contributed by atoms with Gasteiger partial charge in [-0.1, -0.05) is 18.6 Å². The molecule has 0 saturated carbocycles. The predicted molar refractivity (Wildman–Crippen MR) is 115 cm³/mol. The topological polar surface area (TPSA) is 75.7 Å². The molecule has 1 aliphatic rings. The number of aryl methyl sites for hydroxylation is 1. The molecule has 10 heteroatoms. The van der Waals surface area contributed by atoms with Crippen molar-refractivity contribution < 1.29 is 22.3 Å². The minimum Gasteiger partial charge on any atom is -0.405 e. The molecule has 2 aromatic carbocycles. The lowest BCUT2D eigenvalue weighted by molar-refractivity contribution is -0.274. The molecule has 0 bridgehead atoms. The van der Waals surface area contributed by atoms with Crippen LogP contribution in [0.4, 0.5) is 29.2 Å². The van der Waals surface area contributed by atoms with Gasteiger partial charge in [-0.3, -0.25) is 5.10 Å². The van der Waals surface area contributed by atoms with E-state index in [1.54, 1.807) is 12.1 Å². The Balaban J connectivity index is 1.63. The number of halogens is 4. The lowest BCUT2D eigenvalue weighted by atomic mass is 10.1. The van der Waals surface area contributed by atoms with E-state index in [0.717, 1.165) is 36.9 Å². The molecule has 0 spiro atoms. The highest BCUT2D eigenvalue weighted by atomic mass is 19.4. The van der Waals surface area contributed by atoms with Gasteiger partial charge in [-0.15, -0.1) is 13.2 Å². The second-order valence-electron chi connectivity index (χ2n) is 7.81. The molecule has 6 nitrogen and oxygen atoms in total. The summed E-state index contributed by atoms with van der Waals surface area (Å²) in [4.78, 5) is 9.19. The maximum Gasteiger partial charge on any atom is 0.573 e. The van der Waals surface area contributed by atoms with Gasteiger partial charge in [0, 0.05) is 16.6 Å². The van der Waals surface area contributed by atoms with Crippen molar-refractivity contribution >= 4 is 22.5 Å². The van der Waals surface area contributed by atoms with Gasteiger partial charge in [0.25, 0.3) is 0 Å². The van der Waals surface area contributed by atoms with Crippen LogP contribution in [0.25, 0.3) is 22.3 Å². The van der Waals surface area contributed by atoms with E-state index >= 15 is 0 Å². The summed E-state index contributed by atoms with van der Waals surface area (Å²) < 4.78 is 56.9. The van der Waals surface area contributed by atoms with Crippen molar-refractivity contribution in [1.29, 1.82) is 0 Å². The van der Waals surface area contributed by atoms with Crippen LogP contribution in [0.3, 0.4) is 0 Å². The number of aromatic nitrogens is 4. The molecule has 170 valence electrons. The van der Waals surface area contributed by atoms with Gasteiger partial charge in [-0.2, -0.15) is 5.10 Å². The number of hydrogen-bond donors (Lipinski definition) is 2. The van der Waals surface area contributed by atoms with E-state index in [1.165, 1.54) is 30.3 Å². The van der Waals surface area contributed by atoms with E-state index in [-0.39, 0.29) is 17.1 Å². The first kappa shape index (κ1) is 21.2. The molecular weight excluding hydrogens is 438 g/mol. The van der Waals surface area contributed by atoms with Gasteiger partial charge in [0.1, 0.15) is 17.4 Å². The SMILES string of the molecule is Fc1ccc2[nH]nc(Nc3nc(-c4ccccc4OC(F)(F)F)nc4c3CCCCC4)c2c1. The van der Waals surface area contributed by atoms with Gasteiger partial charge in [0.2, 0.25) is 0 Å². The Morgan fingerprint density at radius 2 is 1.76 bits per heavy atom. The summed E-state index contributed by atoms with van der Waals surface area (Å²) in [6.45, 7) is 0. The summed E-state index contributed by atoms with van der Waals surface area (Å²) >= 11 is 0. The zero-order chi connectivity index (χ0) is 23.0. The van der Waals surface area contributed by atoms with Crippen molar-refractivity contribution in [3.05, 3.63) is 59.5 Å². The summed E-state index contributed by atoms with van der Waals surface area (Å²) in [6, 6.07) is 10.0. The first-order valence-electron chi connectivity index (χ1n) is 10.5. The van der Waals surface area contributed by atoms with Crippen LogP contribution in [-0.4, -0.2) is 26.5 Å². The maximum atomic E-state index is 13.8. The molecule has 2 N–H and O–H groups in total. The lowest BCUT2D eigenvalue weighted by Crippen LogP contribution is -2.18. The van der Waals surface area contributed by atoms with E-state index in [1.807, 2.05) is 0 Å². The van der Waals surface area contributed by atoms with Crippen molar-refractivity contribution in [3.63, 3.8) is 0 Å². The first-order valence-corrected chi connectivity index (χ1v) is 10.5. The molecule has 2 aromatic heterocycles. The van der Waals surface area contributed by atoms with Crippen LogP contribution in [0.5, 0.6) is 5.75 Å². The van der Waals surface area contributed by atoms with E-state index in [9.17, 15) is 17.6 Å². The van der Waals surface area contributed by atoms with Crippen LogP contribution in [0.1, 0.15) is 30.5 Å². The van der Waals surface area contributed by atoms with Crippen molar-refractivity contribution in [2.45, 2.75) is 38.5 Å². The summed E-state index contributed by atoms with van der Waals surface area (Å²) in [5.41, 5.74) is 2.43. The summed E-state index contributed by atoms with van der Waals surface area (Å²) in [5, 5.41) is 10.8. The van der Waals surface area contributed by atoms with Gasteiger partial charge < -0.3 is 10.1 Å². The molecule has 0 fully saturated rings. The number of rotatable bonds is 4. The predicted octanol–water partition coefficient (Wildman–Crippen LogP) is 6.07. The number of ether oxygens (including phenoxy) is 1. The molecule has 2 heterocycles. The Morgan fingerprint density at radius 1 is 0.939 bits per heavy atom. The largest absolute Gasteiger partial charge is 0.573 e. The number of benzene rings is 2. The fourth-order valence-electron chi connectivity index (χ4n) is 4.05. The number of anilines is 2. The fourth-order valence-corrected chi connectivity index (χ4v) is 4.05. The van der Waals surface area contributed by atoms with Crippen LogP contribution in [-0.2, 0) is 12.8 Å². The van der Waals surface area contributed by atoms with E-state index in [0.29, 0.717) is 29.0 Å². The van der Waals surface area contributed by atoms with E-state index in [2.05, 4.69) is 30.2 Å². The number of nitrogens with one attached hydrogen (secondary N) is 2. The number of hydrogen-bond acceptors (Lipinski definition) is 5. The Morgan fingerprint density at radius 3 is 2.61 bits per heavy atom. The standard InChI is InChI=1S/C23H19F4N5O/c24-13-10-11-18-16(12-13)22(32-31-18)30-20-14-6-2-1-3-8-17(14)28-21(29-20)15-7-4-5-9-19(15)33-23(25,26)27/h4-5,7,9-12H,1-3,6,8H2,(H2,28,29,30,31,32). The number of para-hydroxylation sites is 1. The first-order chi connectivity index (χ1) is 15.9. The third kappa shape index (κ3) is 4.46. The molecule has 0 amide bonds. The van der Waals surface area contributed by atoms with Gasteiger partial charge in [-0.05, 0) is 56.0 Å². The third-order valence-corrected chi connectivity index (χ3v) is 5.55. The highest BCUT2D eigenvalue weighted by molar-refractivity contribution is 5.91. The lowest BCUT2D eigenvalue weighted by Gasteiger charge is -2.16. The highest BCUT2D eigenvalue weighted by Crippen LogP contribution is 2.36. The van der Waals surface area contributed by atoms with Crippen LogP contribution >= 0.6 is 0 Å². The van der Waals surface area contributed by atoms with E-state index in [4.69, 9.17) is 0 Å². The maximum absolute atomic E-state index is 13.8. The molecule has 0 atom stereocenters. The van der Waals surface area contributed by atoms with Gasteiger partial charge >= 0.3 is 6.36 Å². The summed E-state index contributed by atoms with van der Waals surface area (Å²) in [5.74, 6) is 0.144. The molecule has 0 aliphatic heterocycles. The van der Waals surface area contributed by atoms with Crippen molar-refractivity contribution in [1.82, 2.24) is 20.2 Å². The van der Waals surface area contributed by atoms with Gasteiger partial charge in [0.05, 0.1) is 11.1 Å². The fraction of sp³-hybridized carbons (Fsp3) is 0.261. The highest BCUT2D eigenvalue weighted by Gasteiger charge is 2.32. The summed E-state index contributed by atoms with van der Waals surface area (Å²) in [6.07, 6.45) is -0.586. The van der Waals surface area contributed by atoms with E-state index < -0.39 is 12.2 Å². The van der Waals surface area contributed by atoms with Crippen LogP contribution in [0.15, 0.2) is 42.5 Å². The average Bonchev–Trinajstić information content (AvgIpc) is 2.99. The number of aromatic amines is 1.